The van der Waals surface area contributed by atoms with Crippen LogP contribution in [0.3, 0.4) is 0 Å². The van der Waals surface area contributed by atoms with E-state index in [4.69, 9.17) is 19.3 Å². The number of methoxy groups -OCH3 is 3. The van der Waals surface area contributed by atoms with Crippen LogP contribution in [0.5, 0.6) is 17.2 Å². The molecule has 0 spiro atoms. The summed E-state index contributed by atoms with van der Waals surface area (Å²) in [6.07, 6.45) is 4.52. The fourth-order valence-electron chi connectivity index (χ4n) is 3.04. The van der Waals surface area contributed by atoms with Gasteiger partial charge in [-0.2, -0.15) is 5.10 Å². The number of benzene rings is 2. The standard InChI is InChI=1S/C19H20N2O3/c1-22-16-8-4-12(10-18(16)24-3)14-7-9-17(23-2)19-15(14)11-21(20-19)13-5-6-13/h4,7-11,13H,5-6H2,1-3H3. The number of ether oxygens (including phenoxy) is 3. The molecule has 3 aromatic rings. The number of fused-ring (bicyclic) bond motifs is 1. The van der Waals surface area contributed by atoms with Crippen LogP contribution in [0, 0.1) is 0 Å². The lowest BCUT2D eigenvalue weighted by molar-refractivity contribution is 0.355. The van der Waals surface area contributed by atoms with Gasteiger partial charge in [0, 0.05) is 11.6 Å². The normalized spacial score (nSPS) is 14.0. The molecule has 1 aromatic heterocycles. The van der Waals surface area contributed by atoms with Gasteiger partial charge < -0.3 is 14.2 Å². The molecule has 124 valence electrons. The molecule has 4 rings (SSSR count). The Morgan fingerprint density at radius 1 is 0.917 bits per heavy atom. The zero-order valence-electron chi connectivity index (χ0n) is 14.1. The van der Waals surface area contributed by atoms with Crippen molar-refractivity contribution in [3.8, 4) is 28.4 Å². The molecule has 24 heavy (non-hydrogen) atoms. The third-order valence-corrected chi connectivity index (χ3v) is 4.49. The van der Waals surface area contributed by atoms with E-state index >= 15 is 0 Å². The van der Waals surface area contributed by atoms with Crippen LogP contribution in [-0.4, -0.2) is 31.1 Å². The molecule has 2 aromatic carbocycles. The van der Waals surface area contributed by atoms with Crippen molar-refractivity contribution in [3.63, 3.8) is 0 Å². The summed E-state index contributed by atoms with van der Waals surface area (Å²) in [5, 5.41) is 5.83. The topological polar surface area (TPSA) is 45.5 Å². The van der Waals surface area contributed by atoms with Crippen molar-refractivity contribution in [1.82, 2.24) is 9.78 Å². The van der Waals surface area contributed by atoms with Gasteiger partial charge in [-0.15, -0.1) is 0 Å². The van der Waals surface area contributed by atoms with Crippen molar-refractivity contribution in [2.24, 2.45) is 0 Å². The molecule has 0 saturated heterocycles. The summed E-state index contributed by atoms with van der Waals surface area (Å²) >= 11 is 0. The molecular formula is C19H20N2O3. The quantitative estimate of drug-likeness (QED) is 0.710. The molecule has 1 saturated carbocycles. The van der Waals surface area contributed by atoms with Gasteiger partial charge >= 0.3 is 0 Å². The summed E-state index contributed by atoms with van der Waals surface area (Å²) in [5.74, 6) is 2.24. The lowest BCUT2D eigenvalue weighted by Crippen LogP contribution is -1.93. The largest absolute Gasteiger partial charge is 0.494 e. The lowest BCUT2D eigenvalue weighted by Gasteiger charge is -2.11. The fraction of sp³-hybridized carbons (Fsp3) is 0.316. The van der Waals surface area contributed by atoms with Gasteiger partial charge in [0.05, 0.1) is 27.4 Å². The fourth-order valence-corrected chi connectivity index (χ4v) is 3.04. The van der Waals surface area contributed by atoms with E-state index < -0.39 is 0 Å². The highest BCUT2D eigenvalue weighted by atomic mass is 16.5. The maximum Gasteiger partial charge on any atom is 0.161 e. The van der Waals surface area contributed by atoms with Gasteiger partial charge in [0.2, 0.25) is 0 Å². The molecule has 1 heterocycles. The minimum atomic E-state index is 0.528. The molecule has 5 nitrogen and oxygen atoms in total. The Labute approximate surface area is 140 Å². The highest BCUT2D eigenvalue weighted by molar-refractivity contribution is 5.98. The Morgan fingerprint density at radius 2 is 1.62 bits per heavy atom. The first-order valence-electron chi connectivity index (χ1n) is 8.03. The van der Waals surface area contributed by atoms with Gasteiger partial charge in [0.15, 0.2) is 11.5 Å². The van der Waals surface area contributed by atoms with Crippen LogP contribution in [0.2, 0.25) is 0 Å². The molecule has 1 aliphatic carbocycles. The van der Waals surface area contributed by atoms with Crippen LogP contribution >= 0.6 is 0 Å². The molecule has 0 aliphatic heterocycles. The van der Waals surface area contributed by atoms with Crippen LogP contribution in [0.4, 0.5) is 0 Å². The number of hydrogen-bond acceptors (Lipinski definition) is 4. The highest BCUT2D eigenvalue weighted by Gasteiger charge is 2.26. The minimum Gasteiger partial charge on any atom is -0.494 e. The van der Waals surface area contributed by atoms with Crippen LogP contribution in [0.1, 0.15) is 18.9 Å². The van der Waals surface area contributed by atoms with Gasteiger partial charge in [-0.05, 0) is 48.2 Å². The van der Waals surface area contributed by atoms with Crippen molar-refractivity contribution < 1.29 is 14.2 Å². The van der Waals surface area contributed by atoms with Crippen molar-refractivity contribution in [3.05, 3.63) is 36.5 Å². The van der Waals surface area contributed by atoms with Crippen LogP contribution < -0.4 is 14.2 Å². The molecule has 0 atom stereocenters. The van der Waals surface area contributed by atoms with E-state index in [1.54, 1.807) is 21.3 Å². The Balaban J connectivity index is 1.90. The van der Waals surface area contributed by atoms with Crippen LogP contribution in [0.15, 0.2) is 36.5 Å². The summed E-state index contributed by atoms with van der Waals surface area (Å²) in [5.41, 5.74) is 3.07. The second kappa shape index (κ2) is 5.74. The van der Waals surface area contributed by atoms with E-state index in [9.17, 15) is 0 Å². The van der Waals surface area contributed by atoms with E-state index in [2.05, 4.69) is 16.9 Å². The summed E-state index contributed by atoms with van der Waals surface area (Å²) in [6.45, 7) is 0. The van der Waals surface area contributed by atoms with E-state index in [0.717, 1.165) is 33.5 Å². The van der Waals surface area contributed by atoms with Crippen molar-refractivity contribution in [2.45, 2.75) is 18.9 Å². The van der Waals surface area contributed by atoms with Gasteiger partial charge in [0.1, 0.15) is 11.3 Å². The van der Waals surface area contributed by atoms with Crippen LogP contribution in [-0.2, 0) is 0 Å². The molecule has 1 fully saturated rings. The van der Waals surface area contributed by atoms with Gasteiger partial charge in [-0.3, -0.25) is 4.68 Å². The molecule has 1 aliphatic rings. The average Bonchev–Trinajstić information content (AvgIpc) is 3.38. The number of rotatable bonds is 5. The zero-order chi connectivity index (χ0) is 16.7. The Bertz CT molecular complexity index is 897. The monoisotopic (exact) mass is 324 g/mol. The first-order chi connectivity index (χ1) is 11.7. The molecule has 5 heteroatoms. The van der Waals surface area contributed by atoms with E-state index in [-0.39, 0.29) is 0 Å². The third kappa shape index (κ3) is 2.37. The first kappa shape index (κ1) is 14.9. The van der Waals surface area contributed by atoms with Crippen molar-refractivity contribution >= 4 is 10.9 Å². The number of aromatic nitrogens is 2. The Morgan fingerprint density at radius 3 is 2.29 bits per heavy atom. The summed E-state index contributed by atoms with van der Waals surface area (Å²) in [7, 11) is 4.97. The van der Waals surface area contributed by atoms with Crippen molar-refractivity contribution in [1.29, 1.82) is 0 Å². The van der Waals surface area contributed by atoms with E-state index in [1.807, 2.05) is 24.3 Å². The SMILES string of the molecule is COc1ccc(-c2ccc(OC)c3nn(C4CC4)cc23)cc1OC. The average molecular weight is 324 g/mol. The van der Waals surface area contributed by atoms with E-state index in [1.165, 1.54) is 12.8 Å². The van der Waals surface area contributed by atoms with Gasteiger partial charge in [-0.1, -0.05) is 6.07 Å². The minimum absolute atomic E-state index is 0.528. The third-order valence-electron chi connectivity index (χ3n) is 4.49. The predicted molar refractivity (Wildman–Crippen MR) is 93.1 cm³/mol. The first-order valence-corrected chi connectivity index (χ1v) is 8.03. The highest BCUT2D eigenvalue weighted by Crippen LogP contribution is 2.40. The molecule has 0 N–H and O–H groups in total. The zero-order valence-corrected chi connectivity index (χ0v) is 14.1. The second-order valence-electron chi connectivity index (χ2n) is 5.99. The molecule has 0 radical (unpaired) electrons. The summed E-state index contributed by atoms with van der Waals surface area (Å²) in [4.78, 5) is 0. The summed E-state index contributed by atoms with van der Waals surface area (Å²) in [6, 6.07) is 10.5. The van der Waals surface area contributed by atoms with E-state index in [0.29, 0.717) is 11.8 Å². The Hall–Kier alpha value is -2.69. The lowest BCUT2D eigenvalue weighted by atomic mass is 10.0. The van der Waals surface area contributed by atoms with Gasteiger partial charge in [0.25, 0.3) is 0 Å². The second-order valence-corrected chi connectivity index (χ2v) is 5.99. The number of nitrogens with zero attached hydrogens (tertiary/aromatic N) is 2. The molecule has 0 unspecified atom stereocenters. The Kier molecular flexibility index (Phi) is 3.56. The molecular weight excluding hydrogens is 304 g/mol. The van der Waals surface area contributed by atoms with Gasteiger partial charge in [-0.25, -0.2) is 0 Å². The maximum atomic E-state index is 5.49. The summed E-state index contributed by atoms with van der Waals surface area (Å²) < 4.78 is 18.3. The van der Waals surface area contributed by atoms with Crippen LogP contribution in [0.25, 0.3) is 22.0 Å². The smallest absolute Gasteiger partial charge is 0.161 e. The predicted octanol–water partition coefficient (Wildman–Crippen LogP) is 4.06. The molecule has 0 amide bonds. The van der Waals surface area contributed by atoms with Crippen molar-refractivity contribution in [2.75, 3.05) is 21.3 Å². The molecule has 0 bridgehead atoms. The number of hydrogen-bond donors (Lipinski definition) is 0. The maximum absolute atomic E-state index is 5.49.